The highest BCUT2D eigenvalue weighted by molar-refractivity contribution is 5.39. The summed E-state index contributed by atoms with van der Waals surface area (Å²) in [5.74, 6) is 7.41. The molecule has 0 atom stereocenters. The van der Waals surface area contributed by atoms with E-state index in [4.69, 9.17) is 9.47 Å². The van der Waals surface area contributed by atoms with E-state index in [1.807, 2.05) is 24.3 Å². The van der Waals surface area contributed by atoms with Crippen molar-refractivity contribution in [3.8, 4) is 17.6 Å². The molecule has 2 heteroatoms. The SMILES string of the molecule is COc1ccc(C#CC2(OC)CCCCC2)cc1. The van der Waals surface area contributed by atoms with Gasteiger partial charge in [-0.05, 0) is 49.9 Å². The summed E-state index contributed by atoms with van der Waals surface area (Å²) in [4.78, 5) is 0. The van der Waals surface area contributed by atoms with E-state index in [9.17, 15) is 0 Å². The average molecular weight is 244 g/mol. The summed E-state index contributed by atoms with van der Waals surface area (Å²) in [5, 5.41) is 0. The van der Waals surface area contributed by atoms with Gasteiger partial charge in [-0.2, -0.15) is 0 Å². The summed E-state index contributed by atoms with van der Waals surface area (Å²) < 4.78 is 10.8. The minimum absolute atomic E-state index is 0.224. The molecular formula is C16H20O2. The van der Waals surface area contributed by atoms with Gasteiger partial charge in [-0.1, -0.05) is 18.3 Å². The molecule has 1 aliphatic rings. The van der Waals surface area contributed by atoms with E-state index in [-0.39, 0.29) is 5.60 Å². The lowest BCUT2D eigenvalue weighted by atomic mass is 9.85. The standard InChI is InChI=1S/C16H20O2/c1-17-15-8-6-14(7-9-15)10-13-16(18-2)11-4-3-5-12-16/h6-9H,3-5,11-12H2,1-2H3. The Bertz CT molecular complexity index is 430. The van der Waals surface area contributed by atoms with Gasteiger partial charge in [0.25, 0.3) is 0 Å². The van der Waals surface area contributed by atoms with Crippen molar-refractivity contribution in [2.45, 2.75) is 37.7 Å². The molecule has 1 aliphatic carbocycles. The van der Waals surface area contributed by atoms with Crippen LogP contribution in [0.5, 0.6) is 5.75 Å². The van der Waals surface area contributed by atoms with Gasteiger partial charge in [-0.15, -0.1) is 0 Å². The maximum Gasteiger partial charge on any atom is 0.128 e. The highest BCUT2D eigenvalue weighted by Gasteiger charge is 2.29. The van der Waals surface area contributed by atoms with Gasteiger partial charge in [0.05, 0.1) is 7.11 Å². The van der Waals surface area contributed by atoms with E-state index in [2.05, 4.69) is 11.8 Å². The molecule has 1 aromatic rings. The second kappa shape index (κ2) is 5.93. The molecule has 1 fully saturated rings. The minimum Gasteiger partial charge on any atom is -0.497 e. The van der Waals surface area contributed by atoms with Crippen LogP contribution in [0, 0.1) is 11.8 Å². The zero-order valence-corrected chi connectivity index (χ0v) is 11.2. The molecular weight excluding hydrogens is 224 g/mol. The van der Waals surface area contributed by atoms with Crippen molar-refractivity contribution in [1.82, 2.24) is 0 Å². The molecule has 0 radical (unpaired) electrons. The molecule has 0 aromatic heterocycles. The van der Waals surface area contributed by atoms with Gasteiger partial charge in [-0.3, -0.25) is 0 Å². The van der Waals surface area contributed by atoms with Crippen LogP contribution in [0.3, 0.4) is 0 Å². The summed E-state index contributed by atoms with van der Waals surface area (Å²) in [6, 6.07) is 7.84. The fourth-order valence-electron chi connectivity index (χ4n) is 2.36. The third-order valence-corrected chi connectivity index (χ3v) is 3.58. The lowest BCUT2D eigenvalue weighted by Gasteiger charge is -2.30. The monoisotopic (exact) mass is 244 g/mol. The fraction of sp³-hybridized carbons (Fsp3) is 0.500. The summed E-state index contributed by atoms with van der Waals surface area (Å²) >= 11 is 0. The van der Waals surface area contributed by atoms with Crippen molar-refractivity contribution < 1.29 is 9.47 Å². The van der Waals surface area contributed by atoms with E-state index < -0.39 is 0 Å². The second-order valence-corrected chi connectivity index (χ2v) is 4.74. The first-order valence-corrected chi connectivity index (χ1v) is 6.50. The Hall–Kier alpha value is -1.46. The Morgan fingerprint density at radius 2 is 1.67 bits per heavy atom. The number of hydrogen-bond acceptors (Lipinski definition) is 2. The Morgan fingerprint density at radius 1 is 1.00 bits per heavy atom. The molecule has 0 heterocycles. The first-order chi connectivity index (χ1) is 8.78. The van der Waals surface area contributed by atoms with Gasteiger partial charge in [-0.25, -0.2) is 0 Å². The molecule has 2 nitrogen and oxygen atoms in total. The molecule has 0 N–H and O–H groups in total. The third kappa shape index (κ3) is 3.05. The van der Waals surface area contributed by atoms with Gasteiger partial charge in [0.15, 0.2) is 0 Å². The van der Waals surface area contributed by atoms with Crippen LogP contribution in [0.25, 0.3) is 0 Å². The second-order valence-electron chi connectivity index (χ2n) is 4.74. The Morgan fingerprint density at radius 3 is 2.22 bits per heavy atom. The molecule has 0 spiro atoms. The number of benzene rings is 1. The zero-order valence-electron chi connectivity index (χ0n) is 11.2. The number of hydrogen-bond donors (Lipinski definition) is 0. The molecule has 96 valence electrons. The fourth-order valence-corrected chi connectivity index (χ4v) is 2.36. The Kier molecular flexibility index (Phi) is 4.28. The predicted molar refractivity (Wildman–Crippen MR) is 72.7 cm³/mol. The highest BCUT2D eigenvalue weighted by Crippen LogP contribution is 2.30. The van der Waals surface area contributed by atoms with Crippen LogP contribution in [0.4, 0.5) is 0 Å². The van der Waals surface area contributed by atoms with Crippen molar-refractivity contribution in [3.05, 3.63) is 29.8 Å². The predicted octanol–water partition coefficient (Wildman–Crippen LogP) is 3.40. The maximum absolute atomic E-state index is 5.65. The maximum atomic E-state index is 5.65. The molecule has 0 amide bonds. The summed E-state index contributed by atoms with van der Waals surface area (Å²) in [7, 11) is 3.44. The molecule has 0 unspecified atom stereocenters. The van der Waals surface area contributed by atoms with E-state index in [0.717, 1.165) is 24.2 Å². The van der Waals surface area contributed by atoms with E-state index in [1.165, 1.54) is 19.3 Å². The smallest absolute Gasteiger partial charge is 0.128 e. The van der Waals surface area contributed by atoms with Crippen LogP contribution in [0.1, 0.15) is 37.7 Å². The van der Waals surface area contributed by atoms with Crippen LogP contribution < -0.4 is 4.74 Å². The lowest BCUT2D eigenvalue weighted by molar-refractivity contribution is 0.0104. The first kappa shape index (κ1) is 13.0. The molecule has 18 heavy (non-hydrogen) atoms. The number of rotatable bonds is 2. The minimum atomic E-state index is -0.224. The summed E-state index contributed by atoms with van der Waals surface area (Å²) in [6.07, 6.45) is 5.82. The molecule has 1 saturated carbocycles. The Balaban J connectivity index is 2.13. The molecule has 2 rings (SSSR count). The molecule has 0 saturated heterocycles. The first-order valence-electron chi connectivity index (χ1n) is 6.50. The lowest BCUT2D eigenvalue weighted by Crippen LogP contribution is -2.32. The van der Waals surface area contributed by atoms with E-state index in [0.29, 0.717) is 0 Å². The largest absolute Gasteiger partial charge is 0.497 e. The van der Waals surface area contributed by atoms with E-state index in [1.54, 1.807) is 14.2 Å². The van der Waals surface area contributed by atoms with Gasteiger partial charge in [0.2, 0.25) is 0 Å². The van der Waals surface area contributed by atoms with Gasteiger partial charge in [0, 0.05) is 12.7 Å². The molecule has 0 aliphatic heterocycles. The van der Waals surface area contributed by atoms with Crippen LogP contribution in [-0.2, 0) is 4.74 Å². The van der Waals surface area contributed by atoms with Crippen molar-refractivity contribution in [1.29, 1.82) is 0 Å². The number of methoxy groups -OCH3 is 2. The van der Waals surface area contributed by atoms with E-state index >= 15 is 0 Å². The van der Waals surface area contributed by atoms with Crippen LogP contribution in [0.15, 0.2) is 24.3 Å². The third-order valence-electron chi connectivity index (χ3n) is 3.58. The normalized spacial score (nSPS) is 17.7. The molecule has 1 aromatic carbocycles. The quantitative estimate of drug-likeness (QED) is 0.742. The van der Waals surface area contributed by atoms with Crippen molar-refractivity contribution in [2.75, 3.05) is 14.2 Å². The summed E-state index contributed by atoms with van der Waals surface area (Å²) in [5.41, 5.74) is 0.788. The summed E-state index contributed by atoms with van der Waals surface area (Å²) in [6.45, 7) is 0. The van der Waals surface area contributed by atoms with Crippen LogP contribution in [-0.4, -0.2) is 19.8 Å². The van der Waals surface area contributed by atoms with Crippen LogP contribution in [0.2, 0.25) is 0 Å². The van der Waals surface area contributed by atoms with Crippen molar-refractivity contribution in [2.24, 2.45) is 0 Å². The van der Waals surface area contributed by atoms with Crippen molar-refractivity contribution in [3.63, 3.8) is 0 Å². The number of ether oxygens (including phenoxy) is 2. The zero-order chi connectivity index (χ0) is 12.8. The van der Waals surface area contributed by atoms with Crippen molar-refractivity contribution >= 4 is 0 Å². The molecule has 0 bridgehead atoms. The van der Waals surface area contributed by atoms with Gasteiger partial charge < -0.3 is 9.47 Å². The Labute approximate surface area is 109 Å². The average Bonchev–Trinajstić information content (AvgIpc) is 2.47. The topological polar surface area (TPSA) is 18.5 Å². The van der Waals surface area contributed by atoms with Crippen LogP contribution >= 0.6 is 0 Å². The highest BCUT2D eigenvalue weighted by atomic mass is 16.5. The van der Waals surface area contributed by atoms with Gasteiger partial charge >= 0.3 is 0 Å². The van der Waals surface area contributed by atoms with Gasteiger partial charge in [0.1, 0.15) is 11.4 Å².